The number of piperidine rings is 1. The molecule has 2 aromatic rings. The summed E-state index contributed by atoms with van der Waals surface area (Å²) in [6, 6.07) is 15.1. The molecule has 0 N–H and O–H groups in total. The van der Waals surface area contributed by atoms with E-state index in [9.17, 15) is 4.79 Å². The molecule has 3 atom stereocenters. The van der Waals surface area contributed by atoms with Crippen molar-refractivity contribution in [2.24, 2.45) is 5.92 Å². The molecule has 0 spiro atoms. The van der Waals surface area contributed by atoms with E-state index in [2.05, 4.69) is 21.9 Å². The number of nitrogens with zero attached hydrogens (tertiary/aromatic N) is 2. The monoisotopic (exact) mass is 488 g/mol. The van der Waals surface area contributed by atoms with Crippen LogP contribution in [0.2, 0.25) is 0 Å². The van der Waals surface area contributed by atoms with Crippen LogP contribution >= 0.6 is 0 Å². The first-order chi connectivity index (χ1) is 17.7. The van der Waals surface area contributed by atoms with Gasteiger partial charge in [0.05, 0.1) is 12.8 Å². The highest BCUT2D eigenvalue weighted by Crippen LogP contribution is 2.57. The van der Waals surface area contributed by atoms with Crippen LogP contribution in [0.3, 0.4) is 0 Å². The number of hydrogen-bond donors (Lipinski definition) is 0. The predicted molar refractivity (Wildman–Crippen MR) is 143 cm³/mol. The van der Waals surface area contributed by atoms with Gasteiger partial charge in [-0.1, -0.05) is 56.0 Å². The molecular weight excluding hydrogens is 448 g/mol. The lowest BCUT2D eigenvalue weighted by molar-refractivity contribution is -0.0137. The molecule has 2 heterocycles. The quantitative estimate of drug-likeness (QED) is 0.495. The molecule has 0 unspecified atom stereocenters. The predicted octanol–water partition coefficient (Wildman–Crippen LogP) is 6.47. The number of likely N-dealkylation sites (tertiary alicyclic amines) is 1. The van der Waals surface area contributed by atoms with Gasteiger partial charge in [0, 0.05) is 31.1 Å². The van der Waals surface area contributed by atoms with Gasteiger partial charge in [-0.15, -0.1) is 0 Å². The van der Waals surface area contributed by atoms with Crippen LogP contribution in [0, 0.1) is 5.92 Å². The number of anilines is 1. The SMILES string of the molecule is COc1cc2c(cc1N1CCCCCC1)C[C@@H]1[C@@H]3CCCC[C@]23CCN1C(=O)OCc1ccccc1. The van der Waals surface area contributed by atoms with Crippen molar-refractivity contribution in [1.82, 2.24) is 4.90 Å². The first-order valence-electron chi connectivity index (χ1n) is 14.1. The van der Waals surface area contributed by atoms with Gasteiger partial charge in [-0.3, -0.25) is 0 Å². The Morgan fingerprint density at radius 3 is 2.56 bits per heavy atom. The lowest BCUT2D eigenvalue weighted by Crippen LogP contribution is -2.62. The molecule has 0 aromatic heterocycles. The van der Waals surface area contributed by atoms with Crippen LogP contribution in [0.5, 0.6) is 5.75 Å². The van der Waals surface area contributed by atoms with Gasteiger partial charge in [0.2, 0.25) is 0 Å². The summed E-state index contributed by atoms with van der Waals surface area (Å²) in [4.78, 5) is 18.0. The van der Waals surface area contributed by atoms with Crippen molar-refractivity contribution < 1.29 is 14.3 Å². The average Bonchev–Trinajstić information content (AvgIpc) is 3.21. The second kappa shape index (κ2) is 9.99. The summed E-state index contributed by atoms with van der Waals surface area (Å²) in [5.41, 5.74) is 5.39. The Bertz CT molecular complexity index is 1080. The maximum Gasteiger partial charge on any atom is 0.410 e. The van der Waals surface area contributed by atoms with E-state index >= 15 is 0 Å². The number of benzene rings is 2. The minimum atomic E-state index is -0.146. The van der Waals surface area contributed by atoms with E-state index in [1.807, 2.05) is 37.4 Å². The molecule has 1 amide bonds. The standard InChI is InChI=1S/C31H40N2O3/c1-35-29-21-26-24(20-28(29)32-16-9-2-3-10-17-32)19-27-25-13-7-8-14-31(25,26)15-18-33(27)30(34)36-22-23-11-5-4-6-12-23/h4-6,11-12,20-21,25,27H,2-3,7-10,13-19,22H2,1H3/t25-,27+,31+/m0/s1. The Balaban J connectivity index is 1.32. The summed E-state index contributed by atoms with van der Waals surface area (Å²) in [6.45, 7) is 3.32. The third kappa shape index (κ3) is 4.14. The van der Waals surface area contributed by atoms with E-state index in [1.165, 1.54) is 68.2 Å². The van der Waals surface area contributed by atoms with E-state index in [0.717, 1.165) is 43.8 Å². The lowest BCUT2D eigenvalue weighted by Gasteiger charge is -2.58. The highest BCUT2D eigenvalue weighted by molar-refractivity contribution is 5.70. The van der Waals surface area contributed by atoms with Gasteiger partial charge in [0.1, 0.15) is 12.4 Å². The molecule has 5 heteroatoms. The topological polar surface area (TPSA) is 42.0 Å². The Labute approximate surface area is 215 Å². The Morgan fingerprint density at radius 2 is 1.78 bits per heavy atom. The van der Waals surface area contributed by atoms with Gasteiger partial charge in [-0.2, -0.15) is 0 Å². The lowest BCUT2D eigenvalue weighted by atomic mass is 9.52. The Morgan fingerprint density at radius 1 is 0.972 bits per heavy atom. The van der Waals surface area contributed by atoms with E-state index in [4.69, 9.17) is 9.47 Å². The average molecular weight is 489 g/mol. The summed E-state index contributed by atoms with van der Waals surface area (Å²) in [7, 11) is 1.83. The van der Waals surface area contributed by atoms with Crippen molar-refractivity contribution in [2.45, 2.75) is 82.3 Å². The zero-order valence-corrected chi connectivity index (χ0v) is 21.7. The van der Waals surface area contributed by atoms with Crippen LogP contribution in [-0.4, -0.2) is 43.8 Å². The van der Waals surface area contributed by atoms with Crippen molar-refractivity contribution >= 4 is 11.8 Å². The number of fused-ring (bicyclic) bond motifs is 1. The molecule has 6 rings (SSSR count). The molecular formula is C31H40N2O3. The molecule has 1 saturated carbocycles. The van der Waals surface area contributed by atoms with E-state index in [1.54, 1.807) is 0 Å². The molecule has 2 saturated heterocycles. The second-order valence-electron chi connectivity index (χ2n) is 11.3. The number of carbonyl (C=O) groups excluding carboxylic acids is 1. The van der Waals surface area contributed by atoms with Gasteiger partial charge in [-0.25, -0.2) is 4.79 Å². The van der Waals surface area contributed by atoms with Crippen molar-refractivity contribution in [1.29, 1.82) is 0 Å². The molecule has 36 heavy (non-hydrogen) atoms. The van der Waals surface area contributed by atoms with E-state index in [0.29, 0.717) is 12.5 Å². The summed E-state index contributed by atoms with van der Waals surface area (Å²) in [6.07, 6.45) is 11.9. The van der Waals surface area contributed by atoms with Gasteiger partial charge in [0.15, 0.2) is 0 Å². The minimum Gasteiger partial charge on any atom is -0.495 e. The van der Waals surface area contributed by atoms with Crippen molar-refractivity contribution in [3.8, 4) is 5.75 Å². The summed E-state index contributed by atoms with van der Waals surface area (Å²) in [5.74, 6) is 1.54. The van der Waals surface area contributed by atoms with Crippen LogP contribution < -0.4 is 9.64 Å². The third-order valence-corrected chi connectivity index (χ3v) is 9.52. The summed E-state index contributed by atoms with van der Waals surface area (Å²) < 4.78 is 11.9. The van der Waals surface area contributed by atoms with Crippen molar-refractivity contribution in [2.75, 3.05) is 31.6 Å². The van der Waals surface area contributed by atoms with E-state index < -0.39 is 0 Å². The Hall–Kier alpha value is -2.69. The number of ether oxygens (including phenoxy) is 2. The normalized spacial score (nSPS) is 27.5. The number of methoxy groups -OCH3 is 1. The molecule has 0 radical (unpaired) electrons. The van der Waals surface area contributed by atoms with Crippen molar-refractivity contribution in [3.63, 3.8) is 0 Å². The third-order valence-electron chi connectivity index (χ3n) is 9.52. The first kappa shape index (κ1) is 23.7. The van der Waals surface area contributed by atoms with Crippen LogP contribution in [-0.2, 0) is 23.2 Å². The summed E-state index contributed by atoms with van der Waals surface area (Å²) in [5, 5.41) is 0. The first-order valence-corrected chi connectivity index (χ1v) is 14.1. The van der Waals surface area contributed by atoms with Crippen LogP contribution in [0.25, 0.3) is 0 Å². The molecule has 2 bridgehead atoms. The van der Waals surface area contributed by atoms with Crippen LogP contribution in [0.15, 0.2) is 42.5 Å². The smallest absolute Gasteiger partial charge is 0.410 e. The fraction of sp³-hybridized carbons (Fsp3) is 0.581. The highest BCUT2D eigenvalue weighted by Gasteiger charge is 2.55. The molecule has 2 aromatic carbocycles. The fourth-order valence-corrected chi connectivity index (χ4v) is 7.78. The Kier molecular flexibility index (Phi) is 6.57. The largest absolute Gasteiger partial charge is 0.495 e. The second-order valence-corrected chi connectivity index (χ2v) is 11.3. The van der Waals surface area contributed by atoms with Crippen molar-refractivity contribution in [3.05, 3.63) is 59.2 Å². The fourth-order valence-electron chi connectivity index (χ4n) is 7.78. The number of amides is 1. The molecule has 4 aliphatic rings. The van der Waals surface area contributed by atoms with Gasteiger partial charge in [-0.05, 0) is 73.3 Å². The molecule has 192 valence electrons. The van der Waals surface area contributed by atoms with Crippen LogP contribution in [0.1, 0.15) is 74.5 Å². The molecule has 2 aliphatic carbocycles. The van der Waals surface area contributed by atoms with Crippen LogP contribution in [0.4, 0.5) is 10.5 Å². The van der Waals surface area contributed by atoms with Gasteiger partial charge >= 0.3 is 6.09 Å². The van der Waals surface area contributed by atoms with Gasteiger partial charge < -0.3 is 19.3 Å². The molecule has 2 aliphatic heterocycles. The summed E-state index contributed by atoms with van der Waals surface area (Å²) >= 11 is 0. The maximum absolute atomic E-state index is 13.4. The zero-order chi connectivity index (χ0) is 24.5. The van der Waals surface area contributed by atoms with E-state index in [-0.39, 0.29) is 17.6 Å². The maximum atomic E-state index is 13.4. The number of carbonyl (C=O) groups is 1. The minimum absolute atomic E-state index is 0.146. The zero-order valence-electron chi connectivity index (χ0n) is 21.7. The number of rotatable bonds is 4. The highest BCUT2D eigenvalue weighted by atomic mass is 16.6. The molecule has 5 nitrogen and oxygen atoms in total. The number of hydrogen-bond acceptors (Lipinski definition) is 4. The molecule has 3 fully saturated rings. The van der Waals surface area contributed by atoms with Gasteiger partial charge in [0.25, 0.3) is 0 Å².